The number of nitrogens with one attached hydrogen (secondary N) is 1. The van der Waals surface area contributed by atoms with Gasteiger partial charge in [-0.1, -0.05) is 29.8 Å². The lowest BCUT2D eigenvalue weighted by atomic mass is 10.1. The molecule has 0 unspecified atom stereocenters. The molecule has 0 fully saturated rings. The van der Waals surface area contributed by atoms with Crippen LogP contribution >= 0.6 is 11.6 Å². The van der Waals surface area contributed by atoms with Crippen molar-refractivity contribution >= 4 is 23.3 Å². The number of amides is 1. The molecule has 0 aliphatic rings. The van der Waals surface area contributed by atoms with Gasteiger partial charge < -0.3 is 14.8 Å². The molecule has 1 amide bonds. The summed E-state index contributed by atoms with van der Waals surface area (Å²) in [4.78, 5) is 23.3. The summed E-state index contributed by atoms with van der Waals surface area (Å²) in [7, 11) is 0. The molecule has 1 N–H and O–H groups in total. The van der Waals surface area contributed by atoms with Gasteiger partial charge in [-0.15, -0.1) is 0 Å². The van der Waals surface area contributed by atoms with Crippen LogP contribution < -0.4 is 14.8 Å². The van der Waals surface area contributed by atoms with Gasteiger partial charge >= 0.3 is 0 Å². The predicted molar refractivity (Wildman–Crippen MR) is 91.9 cm³/mol. The molecule has 0 atom stereocenters. The number of benzene rings is 2. The number of rotatable bonds is 8. The maximum Gasteiger partial charge on any atom is 0.258 e. The van der Waals surface area contributed by atoms with Gasteiger partial charge in [0.15, 0.2) is 12.4 Å². The lowest BCUT2D eigenvalue weighted by Gasteiger charge is -2.11. The van der Waals surface area contributed by atoms with Gasteiger partial charge in [0.05, 0.1) is 12.1 Å². The first-order chi connectivity index (χ1) is 11.6. The van der Waals surface area contributed by atoms with Gasteiger partial charge in [0.2, 0.25) is 0 Å². The topological polar surface area (TPSA) is 64.6 Å². The fourth-order valence-electron chi connectivity index (χ4n) is 1.97. The van der Waals surface area contributed by atoms with E-state index in [2.05, 4.69) is 5.32 Å². The van der Waals surface area contributed by atoms with Crippen molar-refractivity contribution in [3.8, 4) is 11.5 Å². The van der Waals surface area contributed by atoms with Crippen molar-refractivity contribution in [2.75, 3.05) is 19.8 Å². The Labute approximate surface area is 145 Å². The number of ether oxygens (including phenoxy) is 2. The number of Topliss-reactive ketones (excluding diaryl/α,β-unsaturated/α-hetero) is 1. The molecule has 0 bridgehead atoms. The number of hydrogen-bond donors (Lipinski definition) is 1. The molecule has 5 nitrogen and oxygen atoms in total. The third-order valence-electron chi connectivity index (χ3n) is 3.12. The third kappa shape index (κ3) is 5.59. The van der Waals surface area contributed by atoms with Crippen LogP contribution in [-0.4, -0.2) is 31.4 Å². The molecule has 2 rings (SSSR count). The molecule has 24 heavy (non-hydrogen) atoms. The molecular weight excluding hydrogens is 330 g/mol. The minimum absolute atomic E-state index is 0.177. The Balaban J connectivity index is 1.74. The number of ketones is 1. The summed E-state index contributed by atoms with van der Waals surface area (Å²) in [6.45, 7) is 1.94. The molecule has 0 saturated heterocycles. The Kier molecular flexibility index (Phi) is 6.63. The smallest absolute Gasteiger partial charge is 0.258 e. The highest BCUT2D eigenvalue weighted by atomic mass is 35.5. The van der Waals surface area contributed by atoms with E-state index in [4.69, 9.17) is 21.1 Å². The number of hydrogen-bond acceptors (Lipinski definition) is 4. The van der Waals surface area contributed by atoms with Crippen LogP contribution in [0.15, 0.2) is 48.5 Å². The second-order valence-corrected chi connectivity index (χ2v) is 5.43. The molecule has 2 aromatic carbocycles. The standard InChI is InChI=1S/C18H18ClNO4/c1-13(21)16-11-14(19)7-8-17(16)24-12-18(22)20-9-10-23-15-5-3-2-4-6-15/h2-8,11H,9-10,12H2,1H3,(H,20,22). The maximum atomic E-state index is 11.8. The largest absolute Gasteiger partial charge is 0.492 e. The summed E-state index contributed by atoms with van der Waals surface area (Å²) in [6.07, 6.45) is 0. The van der Waals surface area contributed by atoms with Gasteiger partial charge in [0.25, 0.3) is 5.91 Å². The third-order valence-corrected chi connectivity index (χ3v) is 3.35. The average molecular weight is 348 g/mol. The van der Waals surface area contributed by atoms with Crippen molar-refractivity contribution in [2.24, 2.45) is 0 Å². The molecule has 0 saturated carbocycles. The fourth-order valence-corrected chi connectivity index (χ4v) is 2.15. The second-order valence-electron chi connectivity index (χ2n) is 5.00. The van der Waals surface area contributed by atoms with Gasteiger partial charge in [-0.05, 0) is 37.3 Å². The summed E-state index contributed by atoms with van der Waals surface area (Å²) >= 11 is 5.86. The van der Waals surface area contributed by atoms with Gasteiger partial charge in [-0.25, -0.2) is 0 Å². The lowest BCUT2D eigenvalue weighted by Crippen LogP contribution is -2.32. The van der Waals surface area contributed by atoms with Crippen molar-refractivity contribution in [3.63, 3.8) is 0 Å². The number of para-hydroxylation sites is 1. The molecule has 0 radical (unpaired) electrons. The zero-order valence-corrected chi connectivity index (χ0v) is 14.0. The van der Waals surface area contributed by atoms with Crippen LogP contribution in [0.2, 0.25) is 5.02 Å². The van der Waals surface area contributed by atoms with Crippen LogP contribution in [-0.2, 0) is 4.79 Å². The molecule has 6 heteroatoms. The predicted octanol–water partition coefficient (Wildman–Crippen LogP) is 3.12. The van der Waals surface area contributed by atoms with E-state index in [0.29, 0.717) is 29.5 Å². The Hall–Kier alpha value is -2.53. The van der Waals surface area contributed by atoms with E-state index in [1.807, 2.05) is 30.3 Å². The summed E-state index contributed by atoms with van der Waals surface area (Å²) in [5.74, 6) is 0.609. The lowest BCUT2D eigenvalue weighted by molar-refractivity contribution is -0.123. The molecule has 0 spiro atoms. The van der Waals surface area contributed by atoms with Gasteiger partial charge in [-0.3, -0.25) is 9.59 Å². The van der Waals surface area contributed by atoms with Crippen LogP contribution in [0, 0.1) is 0 Å². The number of halogens is 1. The summed E-state index contributed by atoms with van der Waals surface area (Å²) < 4.78 is 10.9. The van der Waals surface area contributed by atoms with E-state index in [0.717, 1.165) is 5.75 Å². The van der Waals surface area contributed by atoms with Crippen molar-refractivity contribution in [2.45, 2.75) is 6.92 Å². The van der Waals surface area contributed by atoms with Crippen LogP contribution in [0.5, 0.6) is 11.5 Å². The van der Waals surface area contributed by atoms with E-state index in [9.17, 15) is 9.59 Å². The zero-order chi connectivity index (χ0) is 17.4. The number of carbonyl (C=O) groups is 2. The first-order valence-electron chi connectivity index (χ1n) is 7.44. The van der Waals surface area contributed by atoms with E-state index in [-0.39, 0.29) is 18.3 Å². The summed E-state index contributed by atoms with van der Waals surface area (Å²) in [6, 6.07) is 14.0. The summed E-state index contributed by atoms with van der Waals surface area (Å²) in [5.41, 5.74) is 0.350. The van der Waals surface area contributed by atoms with Gasteiger partial charge in [0.1, 0.15) is 18.1 Å². The first-order valence-corrected chi connectivity index (χ1v) is 7.82. The van der Waals surface area contributed by atoms with Gasteiger partial charge in [-0.2, -0.15) is 0 Å². The Morgan fingerprint density at radius 1 is 1.08 bits per heavy atom. The SMILES string of the molecule is CC(=O)c1cc(Cl)ccc1OCC(=O)NCCOc1ccccc1. The average Bonchev–Trinajstić information content (AvgIpc) is 2.58. The first kappa shape index (κ1) is 17.8. The molecular formula is C18H18ClNO4. The molecule has 0 aliphatic heterocycles. The van der Waals surface area contributed by atoms with Crippen molar-refractivity contribution < 1.29 is 19.1 Å². The Morgan fingerprint density at radius 3 is 2.54 bits per heavy atom. The van der Waals surface area contributed by atoms with Crippen molar-refractivity contribution in [1.82, 2.24) is 5.32 Å². The highest BCUT2D eigenvalue weighted by molar-refractivity contribution is 6.31. The van der Waals surface area contributed by atoms with E-state index in [1.165, 1.54) is 13.0 Å². The van der Waals surface area contributed by atoms with Crippen LogP contribution in [0.25, 0.3) is 0 Å². The van der Waals surface area contributed by atoms with E-state index < -0.39 is 0 Å². The minimum Gasteiger partial charge on any atom is -0.492 e. The summed E-state index contributed by atoms with van der Waals surface area (Å²) in [5, 5.41) is 3.12. The molecule has 2 aromatic rings. The van der Waals surface area contributed by atoms with Gasteiger partial charge in [0, 0.05) is 5.02 Å². The Morgan fingerprint density at radius 2 is 1.83 bits per heavy atom. The van der Waals surface area contributed by atoms with E-state index >= 15 is 0 Å². The normalized spacial score (nSPS) is 10.1. The number of carbonyl (C=O) groups excluding carboxylic acids is 2. The van der Waals surface area contributed by atoms with Crippen LogP contribution in [0.4, 0.5) is 0 Å². The second kappa shape index (κ2) is 8.93. The van der Waals surface area contributed by atoms with Crippen LogP contribution in [0.3, 0.4) is 0 Å². The molecule has 0 heterocycles. The molecule has 0 aliphatic carbocycles. The van der Waals surface area contributed by atoms with Crippen molar-refractivity contribution in [1.29, 1.82) is 0 Å². The maximum absolute atomic E-state index is 11.8. The molecule has 126 valence electrons. The fraction of sp³-hybridized carbons (Fsp3) is 0.222. The Bertz CT molecular complexity index is 703. The monoisotopic (exact) mass is 347 g/mol. The van der Waals surface area contributed by atoms with E-state index in [1.54, 1.807) is 12.1 Å². The minimum atomic E-state index is -0.295. The van der Waals surface area contributed by atoms with Crippen LogP contribution in [0.1, 0.15) is 17.3 Å². The highest BCUT2D eigenvalue weighted by Crippen LogP contribution is 2.23. The quantitative estimate of drug-likeness (QED) is 0.588. The zero-order valence-electron chi connectivity index (χ0n) is 13.3. The highest BCUT2D eigenvalue weighted by Gasteiger charge is 2.11. The van der Waals surface area contributed by atoms with Crippen molar-refractivity contribution in [3.05, 3.63) is 59.1 Å². The molecule has 0 aromatic heterocycles.